The van der Waals surface area contributed by atoms with Crippen molar-refractivity contribution >= 4 is 60.2 Å². The van der Waals surface area contributed by atoms with Gasteiger partial charge in [-0.2, -0.15) is 0 Å². The molecule has 0 saturated heterocycles. The number of rotatable bonds is 4. The molecular formula is C49H35N. The third-order valence-corrected chi connectivity index (χ3v) is 11.0. The van der Waals surface area contributed by atoms with Crippen molar-refractivity contribution in [2.45, 2.75) is 19.3 Å². The maximum atomic E-state index is 2.46. The van der Waals surface area contributed by atoms with Crippen LogP contribution in [0.15, 0.2) is 176 Å². The van der Waals surface area contributed by atoms with Crippen molar-refractivity contribution in [2.24, 2.45) is 0 Å². The van der Waals surface area contributed by atoms with Crippen molar-refractivity contribution in [3.63, 3.8) is 0 Å². The summed E-state index contributed by atoms with van der Waals surface area (Å²) in [5, 5.41) is 10.1. The van der Waals surface area contributed by atoms with Gasteiger partial charge in [-0.25, -0.2) is 0 Å². The molecule has 0 heterocycles. The van der Waals surface area contributed by atoms with Gasteiger partial charge < -0.3 is 4.90 Å². The van der Waals surface area contributed by atoms with E-state index in [9.17, 15) is 0 Å². The molecule has 0 amide bonds. The summed E-state index contributed by atoms with van der Waals surface area (Å²) >= 11 is 0. The number of hydrogen-bond acceptors (Lipinski definition) is 1. The molecule has 0 radical (unpaired) electrons. The maximum absolute atomic E-state index is 2.46. The van der Waals surface area contributed by atoms with Crippen LogP contribution in [0.4, 0.5) is 17.1 Å². The SMILES string of the molecule is CC1(C)c2ccccc2-c2ccc(N(c3ccc(-c4ccc5ccc6ccccc6c5c4)cc3)c3cc4ccccc4c4ccccc34)cc21. The van der Waals surface area contributed by atoms with Crippen LogP contribution in [-0.2, 0) is 5.41 Å². The van der Waals surface area contributed by atoms with Crippen LogP contribution in [0.3, 0.4) is 0 Å². The monoisotopic (exact) mass is 637 g/mol. The van der Waals surface area contributed by atoms with Crippen LogP contribution in [0.2, 0.25) is 0 Å². The molecule has 1 nitrogen and oxygen atoms in total. The molecule has 0 bridgehead atoms. The van der Waals surface area contributed by atoms with Gasteiger partial charge in [-0.1, -0.05) is 153 Å². The molecule has 1 heteroatoms. The van der Waals surface area contributed by atoms with Crippen molar-refractivity contribution in [3.8, 4) is 22.3 Å². The summed E-state index contributed by atoms with van der Waals surface area (Å²) in [4.78, 5) is 2.46. The highest BCUT2D eigenvalue weighted by Crippen LogP contribution is 2.51. The van der Waals surface area contributed by atoms with E-state index in [0.29, 0.717) is 0 Å². The number of nitrogens with zero attached hydrogens (tertiary/aromatic N) is 1. The van der Waals surface area contributed by atoms with Gasteiger partial charge in [0.25, 0.3) is 0 Å². The van der Waals surface area contributed by atoms with Gasteiger partial charge in [0.1, 0.15) is 0 Å². The van der Waals surface area contributed by atoms with E-state index >= 15 is 0 Å². The average molecular weight is 638 g/mol. The normalized spacial score (nSPS) is 13.2. The average Bonchev–Trinajstić information content (AvgIpc) is 3.40. The quantitative estimate of drug-likeness (QED) is 0.174. The topological polar surface area (TPSA) is 3.24 Å². The Kier molecular flexibility index (Phi) is 6.29. The molecule has 0 spiro atoms. The molecule has 9 aromatic rings. The van der Waals surface area contributed by atoms with Gasteiger partial charge >= 0.3 is 0 Å². The second-order valence-electron chi connectivity index (χ2n) is 14.2. The van der Waals surface area contributed by atoms with Crippen molar-refractivity contribution in [1.82, 2.24) is 0 Å². The summed E-state index contributed by atoms with van der Waals surface area (Å²) in [6.45, 7) is 4.72. The van der Waals surface area contributed by atoms with Crippen LogP contribution in [0.25, 0.3) is 65.3 Å². The first kappa shape index (κ1) is 28.8. The van der Waals surface area contributed by atoms with Gasteiger partial charge in [0, 0.05) is 22.2 Å². The fourth-order valence-electron chi connectivity index (χ4n) is 8.46. The van der Waals surface area contributed by atoms with Gasteiger partial charge in [-0.05, 0) is 107 Å². The number of benzene rings is 9. The zero-order valence-electron chi connectivity index (χ0n) is 28.2. The van der Waals surface area contributed by atoms with Gasteiger partial charge in [0.15, 0.2) is 0 Å². The molecule has 9 aromatic carbocycles. The first-order chi connectivity index (χ1) is 24.5. The van der Waals surface area contributed by atoms with Crippen LogP contribution in [0.1, 0.15) is 25.0 Å². The number of anilines is 3. The summed E-state index contributed by atoms with van der Waals surface area (Å²) < 4.78 is 0. The minimum atomic E-state index is -0.0941. The lowest BCUT2D eigenvalue weighted by Gasteiger charge is -2.29. The zero-order chi connectivity index (χ0) is 33.4. The highest BCUT2D eigenvalue weighted by molar-refractivity contribution is 6.15. The fourth-order valence-corrected chi connectivity index (χ4v) is 8.46. The molecule has 0 N–H and O–H groups in total. The lowest BCUT2D eigenvalue weighted by Crippen LogP contribution is -2.16. The molecule has 10 rings (SSSR count). The van der Waals surface area contributed by atoms with E-state index in [4.69, 9.17) is 0 Å². The van der Waals surface area contributed by atoms with Gasteiger partial charge in [0.05, 0.1) is 5.69 Å². The first-order valence-electron chi connectivity index (χ1n) is 17.5. The van der Waals surface area contributed by atoms with Crippen LogP contribution < -0.4 is 4.90 Å². The van der Waals surface area contributed by atoms with Gasteiger partial charge in [0.2, 0.25) is 0 Å². The van der Waals surface area contributed by atoms with E-state index in [1.54, 1.807) is 0 Å². The predicted molar refractivity (Wildman–Crippen MR) is 214 cm³/mol. The van der Waals surface area contributed by atoms with E-state index in [1.165, 1.54) is 82.2 Å². The lowest BCUT2D eigenvalue weighted by atomic mass is 9.82. The molecule has 0 fully saturated rings. The second kappa shape index (κ2) is 10.9. The molecule has 0 saturated carbocycles. The summed E-state index contributed by atoms with van der Waals surface area (Å²) in [6.07, 6.45) is 0. The molecule has 0 aliphatic heterocycles. The standard InChI is InChI=1S/C49H35N/c1-49(2)46-18-10-9-16-42(46)43-28-27-38(31-47(43)49)50(48-30-36-12-4-6-14-40(36)41-15-7-8-17-44(41)48)37-25-23-32(24-26-37)35-22-21-34-20-19-33-11-3-5-13-39(33)45(34)29-35/h3-31H,1-2H3. The van der Waals surface area contributed by atoms with Crippen LogP contribution in [-0.4, -0.2) is 0 Å². The third kappa shape index (κ3) is 4.33. The van der Waals surface area contributed by atoms with Gasteiger partial charge in [-0.15, -0.1) is 0 Å². The molecule has 236 valence electrons. The molecule has 1 aliphatic rings. The van der Waals surface area contributed by atoms with Crippen LogP contribution >= 0.6 is 0 Å². The summed E-state index contributed by atoms with van der Waals surface area (Å²) in [6, 6.07) is 65.0. The maximum Gasteiger partial charge on any atom is 0.0546 e. The number of hydrogen-bond donors (Lipinski definition) is 0. The highest BCUT2D eigenvalue weighted by Gasteiger charge is 2.35. The van der Waals surface area contributed by atoms with Crippen molar-refractivity contribution in [3.05, 3.63) is 187 Å². The van der Waals surface area contributed by atoms with Crippen molar-refractivity contribution < 1.29 is 0 Å². The third-order valence-electron chi connectivity index (χ3n) is 11.0. The first-order valence-corrected chi connectivity index (χ1v) is 17.5. The largest absolute Gasteiger partial charge is 0.310 e. The van der Waals surface area contributed by atoms with Crippen molar-refractivity contribution in [2.75, 3.05) is 4.90 Å². The summed E-state index contributed by atoms with van der Waals surface area (Å²) in [5.74, 6) is 0. The van der Waals surface area contributed by atoms with Crippen molar-refractivity contribution in [1.29, 1.82) is 0 Å². The van der Waals surface area contributed by atoms with E-state index in [-0.39, 0.29) is 5.41 Å². The van der Waals surface area contributed by atoms with Gasteiger partial charge in [-0.3, -0.25) is 0 Å². The molecule has 0 atom stereocenters. The Labute approximate surface area is 292 Å². The summed E-state index contributed by atoms with van der Waals surface area (Å²) in [5.41, 5.74) is 11.2. The highest BCUT2D eigenvalue weighted by atomic mass is 15.1. The Balaban J connectivity index is 1.16. The Morgan fingerprint density at radius 1 is 0.360 bits per heavy atom. The van der Waals surface area contributed by atoms with E-state index in [1.807, 2.05) is 0 Å². The smallest absolute Gasteiger partial charge is 0.0546 e. The van der Waals surface area contributed by atoms with E-state index in [2.05, 4.69) is 195 Å². The lowest BCUT2D eigenvalue weighted by molar-refractivity contribution is 0.660. The molecule has 1 aliphatic carbocycles. The Morgan fingerprint density at radius 2 is 0.920 bits per heavy atom. The minimum absolute atomic E-state index is 0.0941. The zero-order valence-corrected chi connectivity index (χ0v) is 28.2. The second-order valence-corrected chi connectivity index (χ2v) is 14.2. The molecule has 0 aromatic heterocycles. The Bertz CT molecular complexity index is 2790. The van der Waals surface area contributed by atoms with Crippen LogP contribution in [0.5, 0.6) is 0 Å². The Morgan fingerprint density at radius 3 is 1.72 bits per heavy atom. The molecule has 0 unspecified atom stereocenters. The number of fused-ring (bicyclic) bond motifs is 9. The van der Waals surface area contributed by atoms with E-state index in [0.717, 1.165) is 11.4 Å². The van der Waals surface area contributed by atoms with Crippen LogP contribution in [0, 0.1) is 0 Å². The molecular weight excluding hydrogens is 603 g/mol. The van der Waals surface area contributed by atoms with E-state index < -0.39 is 0 Å². The molecule has 50 heavy (non-hydrogen) atoms. The fraction of sp³-hybridized carbons (Fsp3) is 0.0612. The minimum Gasteiger partial charge on any atom is -0.310 e. The Hall–Kier alpha value is -6.18. The summed E-state index contributed by atoms with van der Waals surface area (Å²) in [7, 11) is 0. The predicted octanol–water partition coefficient (Wildman–Crippen LogP) is 13.7.